The summed E-state index contributed by atoms with van der Waals surface area (Å²) in [4.78, 5) is 10.3. The summed E-state index contributed by atoms with van der Waals surface area (Å²) in [5.41, 5.74) is 2.16. The van der Waals surface area contributed by atoms with Crippen LogP contribution < -0.4 is 4.74 Å². The average molecular weight is 287 g/mol. The van der Waals surface area contributed by atoms with Crippen molar-refractivity contribution in [2.75, 3.05) is 6.61 Å². The molecule has 0 aromatic heterocycles. The summed E-state index contributed by atoms with van der Waals surface area (Å²) in [6.45, 7) is 4.40. The van der Waals surface area contributed by atoms with Gasteiger partial charge in [0.25, 0.3) is 0 Å². The predicted octanol–water partition coefficient (Wildman–Crippen LogP) is 3.31. The van der Waals surface area contributed by atoms with Crippen molar-refractivity contribution in [2.45, 2.75) is 26.7 Å². The van der Waals surface area contributed by atoms with Gasteiger partial charge in [-0.1, -0.05) is 15.9 Å². The molecule has 4 heteroatoms. The van der Waals surface area contributed by atoms with Crippen LogP contribution in [-0.4, -0.2) is 17.7 Å². The Labute approximate surface area is 104 Å². The number of ether oxygens (including phenoxy) is 1. The van der Waals surface area contributed by atoms with E-state index in [1.807, 2.05) is 26.0 Å². The van der Waals surface area contributed by atoms with E-state index < -0.39 is 5.97 Å². The van der Waals surface area contributed by atoms with Gasteiger partial charge in [0.1, 0.15) is 5.75 Å². The molecule has 0 unspecified atom stereocenters. The normalized spacial score (nSPS) is 10.2. The second-order valence-corrected chi connectivity index (χ2v) is 4.57. The van der Waals surface area contributed by atoms with Gasteiger partial charge >= 0.3 is 5.97 Å². The molecule has 0 spiro atoms. The van der Waals surface area contributed by atoms with Crippen LogP contribution in [0.2, 0.25) is 0 Å². The van der Waals surface area contributed by atoms with E-state index in [2.05, 4.69) is 15.9 Å². The maximum atomic E-state index is 10.3. The molecule has 1 aromatic rings. The van der Waals surface area contributed by atoms with Crippen molar-refractivity contribution in [3.63, 3.8) is 0 Å². The third kappa shape index (κ3) is 3.85. The molecule has 0 saturated heterocycles. The maximum absolute atomic E-state index is 10.3. The monoisotopic (exact) mass is 286 g/mol. The average Bonchev–Trinajstić information content (AvgIpc) is 2.19. The molecule has 3 nitrogen and oxygen atoms in total. The number of rotatable bonds is 5. The van der Waals surface area contributed by atoms with Crippen molar-refractivity contribution in [1.29, 1.82) is 0 Å². The van der Waals surface area contributed by atoms with Crippen molar-refractivity contribution in [1.82, 2.24) is 0 Å². The van der Waals surface area contributed by atoms with Gasteiger partial charge in [-0.15, -0.1) is 0 Å². The largest absolute Gasteiger partial charge is 0.493 e. The highest BCUT2D eigenvalue weighted by Gasteiger charge is 2.04. The molecule has 0 amide bonds. The Hall–Kier alpha value is -1.03. The van der Waals surface area contributed by atoms with Crippen LogP contribution in [0.15, 0.2) is 16.6 Å². The van der Waals surface area contributed by atoms with E-state index in [0.717, 1.165) is 21.3 Å². The van der Waals surface area contributed by atoms with Crippen LogP contribution in [0.25, 0.3) is 0 Å². The van der Waals surface area contributed by atoms with E-state index in [0.29, 0.717) is 13.0 Å². The van der Waals surface area contributed by atoms with E-state index in [9.17, 15) is 4.79 Å². The summed E-state index contributed by atoms with van der Waals surface area (Å²) in [6, 6.07) is 3.96. The van der Waals surface area contributed by atoms with Gasteiger partial charge in [0, 0.05) is 10.9 Å². The number of carbonyl (C=O) groups is 1. The fourth-order valence-corrected chi connectivity index (χ4v) is 1.77. The van der Waals surface area contributed by atoms with E-state index in [4.69, 9.17) is 9.84 Å². The SMILES string of the molecule is Cc1cc(OCCCC(=O)O)c(C)cc1Br. The second-order valence-electron chi connectivity index (χ2n) is 3.71. The highest BCUT2D eigenvalue weighted by molar-refractivity contribution is 9.10. The molecule has 0 atom stereocenters. The second kappa shape index (κ2) is 5.89. The molecule has 0 aliphatic heterocycles. The van der Waals surface area contributed by atoms with Gasteiger partial charge < -0.3 is 9.84 Å². The molecule has 0 aliphatic carbocycles. The molecule has 1 N–H and O–H groups in total. The first-order valence-corrected chi connectivity index (χ1v) is 5.91. The number of hydrogen-bond donors (Lipinski definition) is 1. The minimum atomic E-state index is -0.785. The first-order chi connectivity index (χ1) is 7.50. The molecule has 0 aliphatic rings. The fraction of sp³-hybridized carbons (Fsp3) is 0.417. The minimum Gasteiger partial charge on any atom is -0.493 e. The lowest BCUT2D eigenvalue weighted by molar-refractivity contribution is -0.137. The smallest absolute Gasteiger partial charge is 0.303 e. The quantitative estimate of drug-likeness (QED) is 0.845. The van der Waals surface area contributed by atoms with Crippen molar-refractivity contribution >= 4 is 21.9 Å². The molecule has 88 valence electrons. The van der Waals surface area contributed by atoms with E-state index in [1.54, 1.807) is 0 Å². The van der Waals surface area contributed by atoms with Gasteiger partial charge in [0.2, 0.25) is 0 Å². The lowest BCUT2D eigenvalue weighted by atomic mass is 10.1. The Kier molecular flexibility index (Phi) is 4.80. The standard InChI is InChI=1S/C12H15BrO3/c1-8-7-11(9(2)6-10(8)13)16-5-3-4-12(14)15/h6-7H,3-5H2,1-2H3,(H,14,15). The van der Waals surface area contributed by atoms with E-state index in [-0.39, 0.29) is 6.42 Å². The lowest BCUT2D eigenvalue weighted by Crippen LogP contribution is -2.03. The number of carboxylic acid groups (broad SMARTS) is 1. The molecular weight excluding hydrogens is 272 g/mol. The highest BCUT2D eigenvalue weighted by atomic mass is 79.9. The van der Waals surface area contributed by atoms with Crippen LogP contribution in [0, 0.1) is 13.8 Å². The summed E-state index contributed by atoms with van der Waals surface area (Å²) < 4.78 is 6.60. The van der Waals surface area contributed by atoms with Gasteiger partial charge in [0.15, 0.2) is 0 Å². The van der Waals surface area contributed by atoms with Crippen LogP contribution in [0.1, 0.15) is 24.0 Å². The van der Waals surface area contributed by atoms with Crippen LogP contribution >= 0.6 is 15.9 Å². The topological polar surface area (TPSA) is 46.5 Å². The van der Waals surface area contributed by atoms with Gasteiger partial charge in [-0.3, -0.25) is 4.79 Å². The highest BCUT2D eigenvalue weighted by Crippen LogP contribution is 2.26. The molecule has 0 bridgehead atoms. The third-order valence-electron chi connectivity index (χ3n) is 2.25. The molecule has 0 radical (unpaired) electrons. The molecule has 0 fully saturated rings. The number of aliphatic carboxylic acids is 1. The maximum Gasteiger partial charge on any atom is 0.303 e. The van der Waals surface area contributed by atoms with Crippen molar-refractivity contribution in [2.24, 2.45) is 0 Å². The van der Waals surface area contributed by atoms with Gasteiger partial charge in [-0.25, -0.2) is 0 Å². The van der Waals surface area contributed by atoms with Crippen LogP contribution in [-0.2, 0) is 4.79 Å². The molecule has 1 aromatic carbocycles. The van der Waals surface area contributed by atoms with E-state index >= 15 is 0 Å². The van der Waals surface area contributed by atoms with Crippen molar-refractivity contribution in [3.05, 3.63) is 27.7 Å². The Morgan fingerprint density at radius 2 is 2.06 bits per heavy atom. The Bertz CT molecular complexity index is 388. The Balaban J connectivity index is 2.54. The Morgan fingerprint density at radius 1 is 1.38 bits per heavy atom. The number of halogens is 1. The summed E-state index contributed by atoms with van der Waals surface area (Å²) in [5.74, 6) is 0.0402. The van der Waals surface area contributed by atoms with Crippen LogP contribution in [0.3, 0.4) is 0 Å². The van der Waals surface area contributed by atoms with E-state index in [1.165, 1.54) is 0 Å². The number of hydrogen-bond acceptors (Lipinski definition) is 2. The summed E-state index contributed by atoms with van der Waals surface area (Å²) in [7, 11) is 0. The number of aryl methyl sites for hydroxylation is 2. The molecule has 1 rings (SSSR count). The first-order valence-electron chi connectivity index (χ1n) is 5.12. The Morgan fingerprint density at radius 3 is 2.69 bits per heavy atom. The third-order valence-corrected chi connectivity index (χ3v) is 3.10. The molecule has 0 saturated carbocycles. The van der Waals surface area contributed by atoms with Crippen molar-refractivity contribution in [3.8, 4) is 5.75 Å². The number of carboxylic acids is 1. The molecule has 0 heterocycles. The summed E-state index contributed by atoms with van der Waals surface area (Å²) in [5, 5.41) is 8.48. The first kappa shape index (κ1) is 13.0. The van der Waals surface area contributed by atoms with Crippen molar-refractivity contribution < 1.29 is 14.6 Å². The van der Waals surface area contributed by atoms with Gasteiger partial charge in [-0.2, -0.15) is 0 Å². The van der Waals surface area contributed by atoms with Crippen LogP contribution in [0.5, 0.6) is 5.75 Å². The van der Waals surface area contributed by atoms with Gasteiger partial charge in [-0.05, 0) is 43.5 Å². The summed E-state index contributed by atoms with van der Waals surface area (Å²) in [6.07, 6.45) is 0.679. The predicted molar refractivity (Wildman–Crippen MR) is 66.0 cm³/mol. The molecule has 16 heavy (non-hydrogen) atoms. The minimum absolute atomic E-state index is 0.147. The number of benzene rings is 1. The molecular formula is C12H15BrO3. The fourth-order valence-electron chi connectivity index (χ4n) is 1.32. The lowest BCUT2D eigenvalue weighted by Gasteiger charge is -2.10. The summed E-state index contributed by atoms with van der Waals surface area (Å²) >= 11 is 3.45. The zero-order valence-electron chi connectivity index (χ0n) is 9.42. The zero-order valence-corrected chi connectivity index (χ0v) is 11.0. The van der Waals surface area contributed by atoms with Gasteiger partial charge in [0.05, 0.1) is 6.61 Å². The van der Waals surface area contributed by atoms with Crippen LogP contribution in [0.4, 0.5) is 0 Å². The zero-order chi connectivity index (χ0) is 12.1.